The molecule has 88 valence electrons. The van der Waals surface area contributed by atoms with Gasteiger partial charge in [0.05, 0.1) is 10.2 Å². The van der Waals surface area contributed by atoms with Crippen molar-refractivity contribution in [1.29, 1.82) is 0 Å². The lowest BCUT2D eigenvalue weighted by molar-refractivity contribution is -0.167. The Morgan fingerprint density at radius 3 is 2.25 bits per heavy atom. The van der Waals surface area contributed by atoms with E-state index >= 15 is 0 Å². The molecule has 1 aromatic carbocycles. The monoisotopic (exact) mass is 363 g/mol. The molecular weight excluding hydrogens is 362 g/mol. The summed E-state index contributed by atoms with van der Waals surface area (Å²) in [6.45, 7) is 0. The van der Waals surface area contributed by atoms with Gasteiger partial charge >= 0.3 is 12.1 Å². The summed E-state index contributed by atoms with van der Waals surface area (Å²) in [4.78, 5) is 10.6. The van der Waals surface area contributed by atoms with Gasteiger partial charge in [0.2, 0.25) is 0 Å². The van der Waals surface area contributed by atoms with Crippen molar-refractivity contribution in [3.63, 3.8) is 0 Å². The van der Waals surface area contributed by atoms with Gasteiger partial charge in [-0.15, -0.1) is 0 Å². The molecule has 0 heterocycles. The minimum absolute atomic E-state index is 0.0193. The summed E-state index contributed by atoms with van der Waals surface area (Å²) in [7, 11) is 0. The third-order valence-corrected chi connectivity index (χ3v) is 2.78. The number of carbonyl (C=O) groups excluding carboxylic acids is 1. The predicted molar refractivity (Wildman–Crippen MR) is 56.5 cm³/mol. The van der Waals surface area contributed by atoms with Crippen LogP contribution in [0.4, 0.5) is 23.2 Å². The minimum atomic E-state index is -4.99. The van der Waals surface area contributed by atoms with E-state index in [1.807, 2.05) is 0 Å². The molecule has 0 aliphatic carbocycles. The van der Waals surface area contributed by atoms with E-state index in [4.69, 9.17) is 0 Å². The summed E-state index contributed by atoms with van der Waals surface area (Å²) in [5, 5.41) is 1.61. The number of carbonyl (C=O) groups is 1. The van der Waals surface area contributed by atoms with E-state index in [1.165, 1.54) is 0 Å². The largest absolute Gasteiger partial charge is 0.471 e. The van der Waals surface area contributed by atoms with Gasteiger partial charge in [-0.3, -0.25) is 4.79 Å². The molecule has 0 bridgehead atoms. The van der Waals surface area contributed by atoms with E-state index in [-0.39, 0.29) is 14.6 Å². The molecule has 0 aromatic heterocycles. The van der Waals surface area contributed by atoms with Gasteiger partial charge in [0.25, 0.3) is 0 Å². The number of hydrogen-bond acceptors (Lipinski definition) is 1. The van der Waals surface area contributed by atoms with Crippen molar-refractivity contribution in [2.45, 2.75) is 6.18 Å². The predicted octanol–water partition coefficient (Wildman–Crippen LogP) is 3.85. The topological polar surface area (TPSA) is 29.1 Å². The first kappa shape index (κ1) is 13.4. The molecule has 0 atom stereocenters. The number of halogens is 6. The molecule has 1 N–H and O–H groups in total. The standard InChI is InChI=1S/C8H3Br2F4NO/c9-3-2-6(4(10)1-5(3)11)15-7(16)8(12,13)14/h1-2H,(H,15,16). The molecule has 0 spiro atoms. The Balaban J connectivity index is 2.99. The Labute approximate surface area is 104 Å². The number of hydrogen-bond donors (Lipinski definition) is 1. The molecule has 0 saturated heterocycles. The van der Waals surface area contributed by atoms with E-state index in [0.29, 0.717) is 0 Å². The van der Waals surface area contributed by atoms with Crippen LogP contribution in [0.3, 0.4) is 0 Å². The van der Waals surface area contributed by atoms with Crippen LogP contribution in [0.2, 0.25) is 0 Å². The molecule has 16 heavy (non-hydrogen) atoms. The van der Waals surface area contributed by atoms with Crippen LogP contribution < -0.4 is 5.32 Å². The van der Waals surface area contributed by atoms with Crippen molar-refractivity contribution in [1.82, 2.24) is 0 Å². The summed E-state index contributed by atoms with van der Waals surface area (Å²) in [6, 6.07) is 1.97. The number of nitrogens with one attached hydrogen (secondary N) is 1. The molecule has 2 nitrogen and oxygen atoms in total. The van der Waals surface area contributed by atoms with Crippen LogP contribution in [-0.4, -0.2) is 12.1 Å². The molecular formula is C8H3Br2F4NO. The SMILES string of the molecule is O=C(Nc1cc(Br)c(F)cc1Br)C(F)(F)F. The minimum Gasteiger partial charge on any atom is -0.317 e. The zero-order valence-corrected chi connectivity index (χ0v) is 10.5. The Morgan fingerprint density at radius 2 is 1.75 bits per heavy atom. The van der Waals surface area contributed by atoms with Gasteiger partial charge < -0.3 is 5.32 Å². The number of anilines is 1. The zero-order valence-electron chi connectivity index (χ0n) is 7.33. The number of benzene rings is 1. The quantitative estimate of drug-likeness (QED) is 0.595. The third kappa shape index (κ3) is 3.18. The molecule has 1 amide bonds. The summed E-state index contributed by atoms with van der Waals surface area (Å²) >= 11 is 5.63. The lowest BCUT2D eigenvalue weighted by atomic mass is 10.3. The van der Waals surface area contributed by atoms with Gasteiger partial charge in [-0.25, -0.2) is 4.39 Å². The van der Waals surface area contributed by atoms with E-state index in [1.54, 1.807) is 5.32 Å². The maximum Gasteiger partial charge on any atom is 0.471 e. The van der Waals surface area contributed by atoms with E-state index < -0.39 is 17.9 Å². The van der Waals surface area contributed by atoms with Crippen LogP contribution in [0.1, 0.15) is 0 Å². The van der Waals surface area contributed by atoms with Gasteiger partial charge in [-0.1, -0.05) is 0 Å². The molecule has 0 unspecified atom stereocenters. The van der Waals surface area contributed by atoms with Crippen molar-refractivity contribution in [3.8, 4) is 0 Å². The first-order valence-corrected chi connectivity index (χ1v) is 5.33. The Morgan fingerprint density at radius 1 is 1.19 bits per heavy atom. The zero-order chi connectivity index (χ0) is 12.5. The van der Waals surface area contributed by atoms with Crippen molar-refractivity contribution in [3.05, 3.63) is 26.9 Å². The Kier molecular flexibility index (Phi) is 3.95. The van der Waals surface area contributed by atoms with Crippen LogP contribution in [0.5, 0.6) is 0 Å². The van der Waals surface area contributed by atoms with Crippen molar-refractivity contribution in [2.24, 2.45) is 0 Å². The fourth-order valence-corrected chi connectivity index (χ4v) is 1.57. The molecule has 0 radical (unpaired) electrons. The summed E-state index contributed by atoms with van der Waals surface area (Å²) in [5.74, 6) is -2.77. The normalized spacial score (nSPS) is 11.4. The molecule has 0 aliphatic heterocycles. The van der Waals surface area contributed by atoms with E-state index in [9.17, 15) is 22.4 Å². The number of amides is 1. The van der Waals surface area contributed by atoms with Crippen molar-refractivity contribution in [2.75, 3.05) is 5.32 Å². The average Bonchev–Trinajstić information content (AvgIpc) is 2.12. The van der Waals surface area contributed by atoms with Crippen LogP contribution in [-0.2, 0) is 4.79 Å². The fourth-order valence-electron chi connectivity index (χ4n) is 0.812. The highest BCUT2D eigenvalue weighted by Crippen LogP contribution is 2.30. The lowest BCUT2D eigenvalue weighted by Crippen LogP contribution is -2.30. The van der Waals surface area contributed by atoms with Gasteiger partial charge in [0, 0.05) is 4.47 Å². The number of alkyl halides is 3. The highest BCUT2D eigenvalue weighted by molar-refractivity contribution is 9.11. The molecule has 1 rings (SSSR count). The summed E-state index contributed by atoms with van der Waals surface area (Å²) in [5.41, 5.74) is -0.171. The third-order valence-electron chi connectivity index (χ3n) is 1.52. The average molecular weight is 365 g/mol. The van der Waals surface area contributed by atoms with Gasteiger partial charge in [0.1, 0.15) is 5.82 Å². The number of rotatable bonds is 1. The smallest absolute Gasteiger partial charge is 0.317 e. The summed E-state index contributed by atoms with van der Waals surface area (Å²) in [6.07, 6.45) is -4.99. The van der Waals surface area contributed by atoms with Crippen LogP contribution >= 0.6 is 31.9 Å². The van der Waals surface area contributed by atoms with Crippen molar-refractivity contribution < 1.29 is 22.4 Å². The van der Waals surface area contributed by atoms with Gasteiger partial charge in [0.15, 0.2) is 0 Å². The van der Waals surface area contributed by atoms with E-state index in [0.717, 1.165) is 12.1 Å². The maximum atomic E-state index is 12.9. The Bertz CT molecular complexity index is 433. The Hall–Kier alpha value is -0.630. The van der Waals surface area contributed by atoms with Crippen LogP contribution in [0, 0.1) is 5.82 Å². The summed E-state index contributed by atoms with van der Waals surface area (Å²) < 4.78 is 48.7. The van der Waals surface area contributed by atoms with Gasteiger partial charge in [-0.2, -0.15) is 13.2 Å². The highest BCUT2D eigenvalue weighted by Gasteiger charge is 2.39. The second-order valence-electron chi connectivity index (χ2n) is 2.70. The van der Waals surface area contributed by atoms with Crippen molar-refractivity contribution >= 4 is 43.5 Å². The lowest BCUT2D eigenvalue weighted by Gasteiger charge is -2.10. The van der Waals surface area contributed by atoms with Crippen LogP contribution in [0.25, 0.3) is 0 Å². The molecule has 8 heteroatoms. The fraction of sp³-hybridized carbons (Fsp3) is 0.125. The van der Waals surface area contributed by atoms with Crippen LogP contribution in [0.15, 0.2) is 21.1 Å². The second-order valence-corrected chi connectivity index (χ2v) is 4.41. The first-order chi connectivity index (χ1) is 7.21. The second kappa shape index (κ2) is 4.70. The molecule has 0 aliphatic rings. The van der Waals surface area contributed by atoms with Gasteiger partial charge in [-0.05, 0) is 44.0 Å². The highest BCUT2D eigenvalue weighted by atomic mass is 79.9. The molecule has 1 aromatic rings. The molecule has 0 fully saturated rings. The maximum absolute atomic E-state index is 12.9. The first-order valence-electron chi connectivity index (χ1n) is 3.74. The van der Waals surface area contributed by atoms with E-state index in [2.05, 4.69) is 31.9 Å². The molecule has 0 saturated carbocycles.